The molecule has 2 saturated heterocycles. The second kappa shape index (κ2) is 6.20. The molecule has 6 nitrogen and oxygen atoms in total. The molecule has 2 aliphatic heterocycles. The first-order chi connectivity index (χ1) is 11.7. The molecule has 1 aromatic rings. The number of likely N-dealkylation sites (tertiary alicyclic amines) is 1. The molecule has 1 spiro atoms. The van der Waals surface area contributed by atoms with Crippen LogP contribution < -0.4 is 10.2 Å². The van der Waals surface area contributed by atoms with Crippen molar-refractivity contribution in [1.82, 2.24) is 10.2 Å². The van der Waals surface area contributed by atoms with Gasteiger partial charge in [-0.05, 0) is 57.9 Å². The van der Waals surface area contributed by atoms with Crippen molar-refractivity contribution in [3.63, 3.8) is 0 Å². The molecule has 1 aromatic carbocycles. The number of nitrogens with zero attached hydrogens (tertiary/aromatic N) is 2. The van der Waals surface area contributed by atoms with Gasteiger partial charge in [0.2, 0.25) is 0 Å². The molecule has 0 aromatic heterocycles. The van der Waals surface area contributed by atoms with Gasteiger partial charge in [0, 0.05) is 18.8 Å². The Hall–Kier alpha value is -2.31. The van der Waals surface area contributed by atoms with E-state index in [9.17, 15) is 14.0 Å². The van der Waals surface area contributed by atoms with Crippen molar-refractivity contribution in [1.29, 1.82) is 0 Å². The lowest BCUT2D eigenvalue weighted by Crippen LogP contribution is -2.54. The molecule has 7 heteroatoms. The van der Waals surface area contributed by atoms with Crippen LogP contribution in [0.15, 0.2) is 24.3 Å². The van der Waals surface area contributed by atoms with Crippen molar-refractivity contribution in [2.24, 2.45) is 0 Å². The summed E-state index contributed by atoms with van der Waals surface area (Å²) in [5.41, 5.74) is -0.206. The van der Waals surface area contributed by atoms with Gasteiger partial charge in [-0.25, -0.2) is 14.0 Å². The Balaban J connectivity index is 1.63. The molecule has 3 rings (SSSR count). The summed E-state index contributed by atoms with van der Waals surface area (Å²) in [6.45, 7) is 7.11. The average molecular weight is 349 g/mol. The summed E-state index contributed by atoms with van der Waals surface area (Å²) in [6.07, 6.45) is 1.01. The molecule has 0 saturated carbocycles. The molecular weight excluding hydrogens is 325 g/mol. The first-order valence-electron chi connectivity index (χ1n) is 8.51. The first kappa shape index (κ1) is 17.5. The zero-order valence-corrected chi connectivity index (χ0v) is 14.8. The molecule has 2 heterocycles. The van der Waals surface area contributed by atoms with Gasteiger partial charge < -0.3 is 15.0 Å². The Morgan fingerprint density at radius 1 is 1.20 bits per heavy atom. The van der Waals surface area contributed by atoms with E-state index in [1.54, 1.807) is 21.9 Å². The third-order valence-corrected chi connectivity index (χ3v) is 4.59. The Bertz CT molecular complexity index is 661. The summed E-state index contributed by atoms with van der Waals surface area (Å²) in [5.74, 6) is -0.330. The minimum absolute atomic E-state index is 0.183. The maximum Gasteiger partial charge on any atom is 0.410 e. The highest BCUT2D eigenvalue weighted by molar-refractivity contribution is 5.95. The van der Waals surface area contributed by atoms with Crippen LogP contribution in [-0.4, -0.2) is 47.8 Å². The highest BCUT2D eigenvalue weighted by atomic mass is 19.1. The second-order valence-corrected chi connectivity index (χ2v) is 7.74. The van der Waals surface area contributed by atoms with Crippen LogP contribution in [0.25, 0.3) is 0 Å². The Labute approximate surface area is 146 Å². The molecule has 25 heavy (non-hydrogen) atoms. The van der Waals surface area contributed by atoms with Crippen LogP contribution >= 0.6 is 0 Å². The highest BCUT2D eigenvalue weighted by Crippen LogP contribution is 2.31. The van der Waals surface area contributed by atoms with Gasteiger partial charge in [-0.2, -0.15) is 0 Å². The van der Waals surface area contributed by atoms with Crippen molar-refractivity contribution in [3.05, 3.63) is 30.1 Å². The summed E-state index contributed by atoms with van der Waals surface area (Å²) in [7, 11) is 0. The molecule has 1 N–H and O–H groups in total. The smallest absolute Gasteiger partial charge is 0.410 e. The number of anilines is 1. The fourth-order valence-electron chi connectivity index (χ4n) is 3.26. The second-order valence-electron chi connectivity index (χ2n) is 7.74. The largest absolute Gasteiger partial charge is 0.444 e. The molecule has 0 bridgehead atoms. The Kier molecular flexibility index (Phi) is 4.34. The summed E-state index contributed by atoms with van der Waals surface area (Å²) >= 11 is 0. The lowest BCUT2D eigenvalue weighted by molar-refractivity contribution is 0.0167. The quantitative estimate of drug-likeness (QED) is 0.847. The van der Waals surface area contributed by atoms with Gasteiger partial charge in [-0.15, -0.1) is 0 Å². The Morgan fingerprint density at radius 3 is 2.36 bits per heavy atom. The number of ether oxygens (including phenoxy) is 1. The predicted molar refractivity (Wildman–Crippen MR) is 92.0 cm³/mol. The minimum Gasteiger partial charge on any atom is -0.444 e. The zero-order valence-electron chi connectivity index (χ0n) is 14.8. The number of amides is 3. The lowest BCUT2D eigenvalue weighted by Gasteiger charge is -2.39. The normalized spacial score (nSPS) is 19.9. The number of halogens is 1. The van der Waals surface area contributed by atoms with Crippen LogP contribution in [0, 0.1) is 5.82 Å². The molecule has 0 aliphatic carbocycles. The number of hydrogen-bond acceptors (Lipinski definition) is 3. The molecule has 2 aliphatic rings. The van der Waals surface area contributed by atoms with Gasteiger partial charge in [0.05, 0.1) is 12.1 Å². The molecular formula is C18H24FN3O3. The van der Waals surface area contributed by atoms with Crippen LogP contribution in [0.5, 0.6) is 0 Å². The first-order valence-corrected chi connectivity index (χ1v) is 8.51. The monoisotopic (exact) mass is 349 g/mol. The number of nitrogens with one attached hydrogen (secondary N) is 1. The fraction of sp³-hybridized carbons (Fsp3) is 0.556. The number of piperidine rings is 1. The lowest BCUT2D eigenvalue weighted by atomic mass is 9.88. The summed E-state index contributed by atoms with van der Waals surface area (Å²) in [6, 6.07) is 5.71. The van der Waals surface area contributed by atoms with E-state index < -0.39 is 5.60 Å². The van der Waals surface area contributed by atoms with Crippen LogP contribution in [0.4, 0.5) is 19.7 Å². The van der Waals surface area contributed by atoms with Crippen LogP contribution in [-0.2, 0) is 4.74 Å². The summed E-state index contributed by atoms with van der Waals surface area (Å²) < 4.78 is 18.5. The highest BCUT2D eigenvalue weighted by Gasteiger charge is 2.45. The molecule has 0 radical (unpaired) electrons. The van der Waals surface area contributed by atoms with E-state index >= 15 is 0 Å². The third-order valence-electron chi connectivity index (χ3n) is 4.59. The van der Waals surface area contributed by atoms with E-state index in [2.05, 4.69) is 5.32 Å². The standard InChI is InChI=1S/C18H24FN3O3/c1-17(2,3)25-16(24)21-10-8-18(9-11-21)12-22(15(23)20-18)14-6-4-13(19)5-7-14/h4-7H,8-12H2,1-3H3,(H,20,23). The van der Waals surface area contributed by atoms with Crippen molar-refractivity contribution < 1.29 is 18.7 Å². The molecule has 3 amide bonds. The average Bonchev–Trinajstić information content (AvgIpc) is 2.83. The van der Waals surface area contributed by atoms with Crippen LogP contribution in [0.1, 0.15) is 33.6 Å². The van der Waals surface area contributed by atoms with Crippen molar-refractivity contribution in [2.45, 2.75) is 44.8 Å². The van der Waals surface area contributed by atoms with E-state index in [0.717, 1.165) is 0 Å². The minimum atomic E-state index is -0.521. The number of carbonyl (C=O) groups excluding carboxylic acids is 2. The molecule has 2 fully saturated rings. The van der Waals surface area contributed by atoms with Gasteiger partial charge in [-0.3, -0.25) is 4.90 Å². The third kappa shape index (κ3) is 3.86. The zero-order chi connectivity index (χ0) is 18.2. The molecule has 0 unspecified atom stereocenters. The van der Waals surface area contributed by atoms with Crippen LogP contribution in [0.3, 0.4) is 0 Å². The number of carbonyl (C=O) groups is 2. The van der Waals surface area contributed by atoms with E-state index in [-0.39, 0.29) is 23.5 Å². The van der Waals surface area contributed by atoms with Gasteiger partial charge in [0.25, 0.3) is 0 Å². The van der Waals surface area contributed by atoms with E-state index in [1.807, 2.05) is 20.8 Å². The van der Waals surface area contributed by atoms with Gasteiger partial charge in [0.1, 0.15) is 11.4 Å². The van der Waals surface area contributed by atoms with Crippen LogP contribution in [0.2, 0.25) is 0 Å². The number of rotatable bonds is 1. The predicted octanol–water partition coefficient (Wildman–Crippen LogP) is 3.13. The van der Waals surface area contributed by atoms with E-state index in [0.29, 0.717) is 38.2 Å². The number of hydrogen-bond donors (Lipinski definition) is 1. The SMILES string of the molecule is CC(C)(C)OC(=O)N1CCC2(CC1)CN(c1ccc(F)cc1)C(=O)N2. The molecule has 136 valence electrons. The number of urea groups is 1. The van der Waals surface area contributed by atoms with Gasteiger partial charge in [-0.1, -0.05) is 0 Å². The van der Waals surface area contributed by atoms with E-state index in [4.69, 9.17) is 4.74 Å². The molecule has 0 atom stereocenters. The summed E-state index contributed by atoms with van der Waals surface area (Å²) in [4.78, 5) is 27.8. The van der Waals surface area contributed by atoms with Crippen molar-refractivity contribution in [3.8, 4) is 0 Å². The summed E-state index contributed by atoms with van der Waals surface area (Å²) in [5, 5.41) is 3.05. The van der Waals surface area contributed by atoms with E-state index in [1.165, 1.54) is 12.1 Å². The Morgan fingerprint density at radius 2 is 1.80 bits per heavy atom. The van der Waals surface area contributed by atoms with Gasteiger partial charge >= 0.3 is 12.1 Å². The van der Waals surface area contributed by atoms with Gasteiger partial charge in [0.15, 0.2) is 0 Å². The maximum absolute atomic E-state index is 13.1. The van der Waals surface area contributed by atoms with Crippen molar-refractivity contribution in [2.75, 3.05) is 24.5 Å². The van der Waals surface area contributed by atoms with Crippen molar-refractivity contribution >= 4 is 17.8 Å². The number of benzene rings is 1. The topological polar surface area (TPSA) is 61.9 Å². The fourth-order valence-corrected chi connectivity index (χ4v) is 3.26. The maximum atomic E-state index is 13.1.